The van der Waals surface area contributed by atoms with Crippen LogP contribution in [-0.4, -0.2) is 65.5 Å². The predicted molar refractivity (Wildman–Crippen MR) is 244 cm³/mol. The molecule has 10 atom stereocenters. The molecule has 326 valence electrons. The highest BCUT2D eigenvalue weighted by molar-refractivity contribution is 6.74. The Balaban J connectivity index is 1.32. The lowest BCUT2D eigenvalue weighted by Crippen LogP contribution is -2.51. The zero-order valence-electron chi connectivity index (χ0n) is 40.2. The number of carbonyl (C=O) groups is 1. The second kappa shape index (κ2) is 18.6. The van der Waals surface area contributed by atoms with Gasteiger partial charge in [-0.1, -0.05) is 107 Å². The maximum atomic E-state index is 13.4. The van der Waals surface area contributed by atoms with Crippen LogP contribution in [0, 0.1) is 46.3 Å². The van der Waals surface area contributed by atoms with Gasteiger partial charge in [0.1, 0.15) is 6.10 Å². The van der Waals surface area contributed by atoms with Crippen molar-refractivity contribution in [2.24, 2.45) is 46.3 Å². The molecule has 0 spiro atoms. The monoisotopic (exact) mass is 816 g/mol. The summed E-state index contributed by atoms with van der Waals surface area (Å²) >= 11 is 0. The van der Waals surface area contributed by atoms with Gasteiger partial charge in [0.25, 0.3) is 0 Å². The second-order valence-corrected chi connectivity index (χ2v) is 33.4. The summed E-state index contributed by atoms with van der Waals surface area (Å²) in [7, 11) is -3.79. The third-order valence-electron chi connectivity index (χ3n) is 17.0. The van der Waals surface area contributed by atoms with Crippen molar-refractivity contribution in [1.29, 1.82) is 0 Å². The summed E-state index contributed by atoms with van der Waals surface area (Å²) in [6.45, 7) is 42.9. The highest BCUT2D eigenvalue weighted by Crippen LogP contribution is 2.67. The topological polar surface area (TPSA) is 48.0 Å². The number of hydrogen-bond acceptors (Lipinski definition) is 5. The Morgan fingerprint density at radius 2 is 1.39 bits per heavy atom. The van der Waals surface area contributed by atoms with E-state index in [0.717, 1.165) is 74.4 Å². The molecule has 0 aromatic heterocycles. The molecule has 4 unspecified atom stereocenters. The van der Waals surface area contributed by atoms with Crippen LogP contribution in [0.4, 0.5) is 0 Å². The van der Waals surface area contributed by atoms with Crippen molar-refractivity contribution in [3.8, 4) is 0 Å². The van der Waals surface area contributed by atoms with E-state index in [0.29, 0.717) is 11.8 Å². The molecule has 4 aliphatic rings. The number of allylic oxidation sites excluding steroid dienone is 1. The van der Waals surface area contributed by atoms with Gasteiger partial charge in [0.15, 0.2) is 16.6 Å². The van der Waals surface area contributed by atoms with Crippen molar-refractivity contribution >= 4 is 22.6 Å². The number of carbonyl (C=O) groups excluding carboxylic acids is 1. The van der Waals surface area contributed by atoms with Gasteiger partial charge in [-0.3, -0.25) is 9.69 Å². The van der Waals surface area contributed by atoms with Crippen LogP contribution >= 0.6 is 0 Å². The minimum Gasteiger partial charge on any atom is -0.462 e. The molecule has 56 heavy (non-hydrogen) atoms. The zero-order valence-corrected chi connectivity index (χ0v) is 42.2. The summed E-state index contributed by atoms with van der Waals surface area (Å²) in [5, 5.41) is 0.340. The summed E-state index contributed by atoms with van der Waals surface area (Å²) in [4.78, 5) is 15.9. The third-order valence-corrected chi connectivity index (χ3v) is 26.3. The van der Waals surface area contributed by atoms with Crippen LogP contribution in [0.25, 0.3) is 0 Å². The maximum absolute atomic E-state index is 13.4. The standard InChI is InChI=1S/C49H93NO4Si2/c1-35(2)20-18-21-36(3)42-25-26-43-41-24-23-39-32-40(27-29-48(39,12)44(41)28-30-49(42,43)13)52-45(51)22-19-31-50(33-37(4)53-55(14,15)46(6,7)8)34-38(5)54-56(16,17)47(9,10)11/h23,35-38,40-44H,18-22,24-34H2,1-17H3/t36?,37-,38-,40+,41?,42-,43?,44?,48+,49-/m1/s1. The van der Waals surface area contributed by atoms with E-state index in [1.165, 1.54) is 57.8 Å². The average Bonchev–Trinajstić information content (AvgIpc) is 3.40. The molecular weight excluding hydrogens is 723 g/mol. The molecule has 0 aromatic rings. The molecule has 0 saturated heterocycles. The first-order chi connectivity index (χ1) is 25.7. The number of rotatable bonds is 18. The van der Waals surface area contributed by atoms with E-state index >= 15 is 0 Å². The Bertz CT molecular complexity index is 1280. The number of ether oxygens (including phenoxy) is 1. The summed E-state index contributed by atoms with van der Waals surface area (Å²) < 4.78 is 19.9. The molecule has 0 amide bonds. The first-order valence-corrected chi connectivity index (χ1v) is 29.5. The number of esters is 1. The van der Waals surface area contributed by atoms with Crippen LogP contribution < -0.4 is 0 Å². The van der Waals surface area contributed by atoms with Crippen molar-refractivity contribution in [1.82, 2.24) is 4.90 Å². The van der Waals surface area contributed by atoms with E-state index < -0.39 is 16.6 Å². The molecule has 0 heterocycles. The van der Waals surface area contributed by atoms with Gasteiger partial charge in [-0.15, -0.1) is 0 Å². The summed E-state index contributed by atoms with van der Waals surface area (Å²) in [6, 6.07) is 0. The molecule has 4 aliphatic carbocycles. The van der Waals surface area contributed by atoms with Crippen LogP contribution in [0.2, 0.25) is 36.3 Å². The third kappa shape index (κ3) is 11.5. The first kappa shape index (κ1) is 48.2. The molecule has 0 N–H and O–H groups in total. The lowest BCUT2D eigenvalue weighted by Gasteiger charge is -2.58. The van der Waals surface area contributed by atoms with Crippen molar-refractivity contribution in [2.45, 2.75) is 228 Å². The number of hydrogen-bond donors (Lipinski definition) is 0. The van der Waals surface area contributed by atoms with E-state index in [9.17, 15) is 4.79 Å². The normalized spacial score (nSPS) is 31.7. The highest BCUT2D eigenvalue weighted by atomic mass is 28.4. The van der Waals surface area contributed by atoms with Crippen LogP contribution in [-0.2, 0) is 18.4 Å². The lowest BCUT2D eigenvalue weighted by atomic mass is 9.47. The fourth-order valence-corrected chi connectivity index (χ4v) is 14.7. The van der Waals surface area contributed by atoms with Crippen molar-refractivity contribution < 1.29 is 18.4 Å². The van der Waals surface area contributed by atoms with Gasteiger partial charge in [-0.2, -0.15) is 0 Å². The molecule has 0 bridgehead atoms. The fourth-order valence-electron chi connectivity index (χ4n) is 11.9. The highest BCUT2D eigenvalue weighted by Gasteiger charge is 2.59. The van der Waals surface area contributed by atoms with Gasteiger partial charge in [-0.05, 0) is 154 Å². The van der Waals surface area contributed by atoms with Crippen molar-refractivity contribution in [2.75, 3.05) is 19.6 Å². The molecule has 0 radical (unpaired) electrons. The van der Waals surface area contributed by atoms with Crippen LogP contribution in [0.1, 0.15) is 173 Å². The van der Waals surface area contributed by atoms with Gasteiger partial charge >= 0.3 is 5.97 Å². The lowest BCUT2D eigenvalue weighted by molar-refractivity contribution is -0.151. The minimum atomic E-state index is -1.89. The minimum absolute atomic E-state index is 0.0167. The molecule has 3 fully saturated rings. The van der Waals surface area contributed by atoms with Gasteiger partial charge in [-0.25, -0.2) is 0 Å². The molecule has 0 aromatic carbocycles. The van der Waals surface area contributed by atoms with E-state index in [4.69, 9.17) is 13.6 Å². The number of fused-ring (bicyclic) bond motifs is 5. The van der Waals surface area contributed by atoms with Crippen LogP contribution in [0.3, 0.4) is 0 Å². The Morgan fingerprint density at radius 3 is 1.95 bits per heavy atom. The van der Waals surface area contributed by atoms with Crippen molar-refractivity contribution in [3.05, 3.63) is 11.6 Å². The molecule has 5 nitrogen and oxygen atoms in total. The van der Waals surface area contributed by atoms with Gasteiger partial charge in [0.2, 0.25) is 0 Å². The summed E-state index contributed by atoms with van der Waals surface area (Å²) in [5.74, 6) is 5.07. The van der Waals surface area contributed by atoms with Gasteiger partial charge in [0.05, 0.1) is 12.2 Å². The second-order valence-electron chi connectivity index (χ2n) is 23.9. The van der Waals surface area contributed by atoms with Gasteiger partial charge < -0.3 is 13.6 Å². The SMILES string of the molecule is CC(C)CCCC(C)[C@H]1CCC2C3CC=C4C[C@@H](OC(=O)CCCN(C[C@@H](C)O[Si](C)(C)C(C)(C)C)C[C@@H](C)O[Si](C)(C)C(C)(C)C)CC[C@]4(C)C3CC[C@@]21C. The summed E-state index contributed by atoms with van der Waals surface area (Å²) in [6.07, 6.45) is 18.4. The Kier molecular flexibility index (Phi) is 16.0. The average molecular weight is 816 g/mol. The smallest absolute Gasteiger partial charge is 0.306 e. The van der Waals surface area contributed by atoms with Crippen LogP contribution in [0.15, 0.2) is 11.6 Å². The van der Waals surface area contributed by atoms with Crippen molar-refractivity contribution in [3.63, 3.8) is 0 Å². The Morgan fingerprint density at radius 1 is 0.804 bits per heavy atom. The zero-order chi connectivity index (χ0) is 42.1. The van der Waals surface area contributed by atoms with E-state index in [-0.39, 0.29) is 39.8 Å². The largest absolute Gasteiger partial charge is 0.462 e. The number of nitrogens with zero attached hydrogens (tertiary/aromatic N) is 1. The molecular formula is C49H93NO4Si2. The predicted octanol–water partition coefficient (Wildman–Crippen LogP) is 13.8. The molecule has 3 saturated carbocycles. The molecule has 7 heteroatoms. The van der Waals surface area contributed by atoms with Gasteiger partial charge in [0, 0.05) is 25.9 Å². The molecule has 0 aliphatic heterocycles. The van der Waals surface area contributed by atoms with E-state index in [1.807, 2.05) is 0 Å². The van der Waals surface area contributed by atoms with E-state index in [2.05, 4.69) is 127 Å². The first-order valence-electron chi connectivity index (χ1n) is 23.7. The quantitative estimate of drug-likeness (QED) is 0.0783. The van der Waals surface area contributed by atoms with E-state index in [1.54, 1.807) is 5.57 Å². The molecule has 4 rings (SSSR count). The fraction of sp³-hybridized carbons (Fsp3) is 0.939. The summed E-state index contributed by atoms with van der Waals surface area (Å²) in [5.41, 5.74) is 2.41. The van der Waals surface area contributed by atoms with Crippen LogP contribution in [0.5, 0.6) is 0 Å². The Labute approximate surface area is 350 Å². The Hall–Kier alpha value is -0.476. The maximum Gasteiger partial charge on any atom is 0.306 e.